The molecule has 0 saturated heterocycles. The van der Waals surface area contributed by atoms with Crippen molar-refractivity contribution in [1.29, 1.82) is 0 Å². The van der Waals surface area contributed by atoms with E-state index in [2.05, 4.69) is 39.1 Å². The molecule has 0 fully saturated rings. The van der Waals surface area contributed by atoms with Crippen LogP contribution in [0.25, 0.3) is 0 Å². The number of aryl methyl sites for hydroxylation is 2. The Balaban J connectivity index is 2.14. The molecule has 2 aromatic carbocycles. The lowest BCUT2D eigenvalue weighted by Gasteiger charge is -2.16. The smallest absolute Gasteiger partial charge is 0.257 e. The summed E-state index contributed by atoms with van der Waals surface area (Å²) in [5.41, 5.74) is 5.73. The van der Waals surface area contributed by atoms with Gasteiger partial charge in [0, 0.05) is 6.54 Å². The van der Waals surface area contributed by atoms with Crippen molar-refractivity contribution in [2.24, 2.45) is 0 Å². The Hall–Kier alpha value is -2.49. The van der Waals surface area contributed by atoms with Gasteiger partial charge in [0.25, 0.3) is 5.91 Å². The number of aromatic hydroxyl groups is 1. The molecule has 2 aromatic rings. The molecule has 1 unspecified atom stereocenters. The first kappa shape index (κ1) is 21.8. The number of phenols is 1. The average Bonchev–Trinajstić information content (AvgIpc) is 2.68. The molecule has 2 rings (SSSR count). The molecule has 0 saturated carbocycles. The van der Waals surface area contributed by atoms with E-state index in [1.165, 1.54) is 11.1 Å². The van der Waals surface area contributed by atoms with Gasteiger partial charge in [0.05, 0.1) is 0 Å². The van der Waals surface area contributed by atoms with E-state index in [1.807, 2.05) is 25.1 Å². The van der Waals surface area contributed by atoms with Gasteiger partial charge in [-0.1, -0.05) is 32.9 Å². The third-order valence-corrected chi connectivity index (χ3v) is 5.23. The van der Waals surface area contributed by atoms with Crippen LogP contribution in [0.3, 0.4) is 0 Å². The van der Waals surface area contributed by atoms with Crippen molar-refractivity contribution in [2.45, 2.75) is 59.8 Å². The highest BCUT2D eigenvalue weighted by Gasteiger charge is 2.12. The van der Waals surface area contributed by atoms with E-state index in [0.717, 1.165) is 41.7 Å². The first-order valence-electron chi connectivity index (χ1n) is 10.2. The van der Waals surface area contributed by atoms with E-state index < -0.39 is 0 Å². The van der Waals surface area contributed by atoms with Crippen molar-refractivity contribution >= 4 is 5.91 Å². The monoisotopic (exact) mass is 383 g/mol. The zero-order valence-electron chi connectivity index (χ0n) is 17.8. The molecule has 0 aliphatic heterocycles. The van der Waals surface area contributed by atoms with Gasteiger partial charge in [0.2, 0.25) is 0 Å². The van der Waals surface area contributed by atoms with Gasteiger partial charge in [0.1, 0.15) is 11.5 Å². The number of hydrogen-bond acceptors (Lipinski definition) is 3. The van der Waals surface area contributed by atoms with Crippen LogP contribution < -0.4 is 10.1 Å². The van der Waals surface area contributed by atoms with Gasteiger partial charge in [-0.3, -0.25) is 4.79 Å². The molecule has 0 aliphatic rings. The van der Waals surface area contributed by atoms with E-state index in [-0.39, 0.29) is 12.5 Å². The quantitative estimate of drug-likeness (QED) is 0.639. The van der Waals surface area contributed by atoms with Crippen LogP contribution in [0, 0.1) is 13.8 Å². The van der Waals surface area contributed by atoms with E-state index in [1.54, 1.807) is 6.07 Å². The molecule has 152 valence electrons. The number of carbonyl (C=O) groups is 1. The highest BCUT2D eigenvalue weighted by molar-refractivity contribution is 5.77. The van der Waals surface area contributed by atoms with Crippen LogP contribution in [0.4, 0.5) is 0 Å². The van der Waals surface area contributed by atoms with Crippen molar-refractivity contribution in [3.05, 3.63) is 58.1 Å². The van der Waals surface area contributed by atoms with Gasteiger partial charge >= 0.3 is 0 Å². The lowest BCUT2D eigenvalue weighted by atomic mass is 9.91. The summed E-state index contributed by atoms with van der Waals surface area (Å²) in [5, 5.41) is 13.0. The Morgan fingerprint density at radius 2 is 1.82 bits per heavy atom. The Labute approximate surface area is 168 Å². The minimum absolute atomic E-state index is 0.0362. The van der Waals surface area contributed by atoms with Gasteiger partial charge in [-0.2, -0.15) is 0 Å². The lowest BCUT2D eigenvalue weighted by molar-refractivity contribution is -0.123. The molecule has 1 amide bonds. The number of ether oxygens (including phenoxy) is 1. The normalized spacial score (nSPS) is 11.9. The van der Waals surface area contributed by atoms with E-state index in [4.69, 9.17) is 4.74 Å². The number of hydrogen-bond donors (Lipinski definition) is 2. The number of nitrogens with one attached hydrogen (secondary N) is 1. The van der Waals surface area contributed by atoms with Gasteiger partial charge in [-0.05, 0) is 85.0 Å². The summed E-state index contributed by atoms with van der Waals surface area (Å²) in [6, 6.07) is 9.89. The van der Waals surface area contributed by atoms with E-state index >= 15 is 0 Å². The fourth-order valence-electron chi connectivity index (χ4n) is 3.31. The van der Waals surface area contributed by atoms with Gasteiger partial charge < -0.3 is 15.2 Å². The van der Waals surface area contributed by atoms with Crippen LogP contribution in [-0.4, -0.2) is 24.2 Å². The molecule has 0 aromatic heterocycles. The summed E-state index contributed by atoms with van der Waals surface area (Å²) in [4.78, 5) is 11.7. The Morgan fingerprint density at radius 3 is 2.43 bits per heavy atom. The summed E-state index contributed by atoms with van der Waals surface area (Å²) in [7, 11) is 0. The number of carbonyl (C=O) groups excluding carboxylic acids is 1. The fourth-order valence-corrected chi connectivity index (χ4v) is 3.31. The highest BCUT2D eigenvalue weighted by Crippen LogP contribution is 2.31. The van der Waals surface area contributed by atoms with Crippen LogP contribution in [0.1, 0.15) is 67.3 Å². The molecule has 0 radical (unpaired) electrons. The van der Waals surface area contributed by atoms with Crippen molar-refractivity contribution in [2.75, 3.05) is 13.2 Å². The molecule has 2 N–H and O–H groups in total. The number of amides is 1. The first-order chi connectivity index (χ1) is 13.3. The van der Waals surface area contributed by atoms with Crippen molar-refractivity contribution < 1.29 is 14.6 Å². The SMILES string of the molecule is CCCNC(=O)COc1cc(C)c(Cc2ccc(O)c(C(C)CC)c2)c(C)c1. The molecule has 4 nitrogen and oxygen atoms in total. The third-order valence-electron chi connectivity index (χ3n) is 5.23. The second-order valence-corrected chi connectivity index (χ2v) is 7.55. The van der Waals surface area contributed by atoms with E-state index in [0.29, 0.717) is 18.2 Å². The predicted molar refractivity (Wildman–Crippen MR) is 114 cm³/mol. The molecular weight excluding hydrogens is 350 g/mol. The maximum absolute atomic E-state index is 11.7. The Morgan fingerprint density at radius 1 is 1.14 bits per heavy atom. The molecule has 1 atom stereocenters. The van der Waals surface area contributed by atoms with Crippen molar-refractivity contribution in [3.8, 4) is 11.5 Å². The number of benzene rings is 2. The number of phenolic OH excluding ortho intramolecular Hbond substituents is 1. The zero-order valence-corrected chi connectivity index (χ0v) is 17.8. The summed E-state index contributed by atoms with van der Waals surface area (Å²) < 4.78 is 5.67. The van der Waals surface area contributed by atoms with Crippen LogP contribution in [0.15, 0.2) is 30.3 Å². The van der Waals surface area contributed by atoms with Gasteiger partial charge in [-0.15, -0.1) is 0 Å². The molecule has 28 heavy (non-hydrogen) atoms. The van der Waals surface area contributed by atoms with Crippen LogP contribution >= 0.6 is 0 Å². The van der Waals surface area contributed by atoms with Crippen LogP contribution in [0.5, 0.6) is 11.5 Å². The molecular formula is C24H33NO3. The summed E-state index contributed by atoms with van der Waals surface area (Å²) >= 11 is 0. The first-order valence-corrected chi connectivity index (χ1v) is 10.2. The van der Waals surface area contributed by atoms with Crippen molar-refractivity contribution in [1.82, 2.24) is 5.32 Å². The van der Waals surface area contributed by atoms with Crippen LogP contribution in [-0.2, 0) is 11.2 Å². The third kappa shape index (κ3) is 5.75. The molecule has 0 heterocycles. The number of rotatable bonds is 9. The van der Waals surface area contributed by atoms with Crippen LogP contribution in [0.2, 0.25) is 0 Å². The Kier molecular flexibility index (Phi) is 7.91. The lowest BCUT2D eigenvalue weighted by Crippen LogP contribution is -2.29. The van der Waals surface area contributed by atoms with Crippen molar-refractivity contribution in [3.63, 3.8) is 0 Å². The molecule has 4 heteroatoms. The topological polar surface area (TPSA) is 58.6 Å². The maximum Gasteiger partial charge on any atom is 0.257 e. The summed E-state index contributed by atoms with van der Waals surface area (Å²) in [6.45, 7) is 11.1. The second-order valence-electron chi connectivity index (χ2n) is 7.55. The summed E-state index contributed by atoms with van der Waals surface area (Å²) in [6.07, 6.45) is 2.71. The van der Waals surface area contributed by atoms with Gasteiger partial charge in [-0.25, -0.2) is 0 Å². The molecule has 0 aliphatic carbocycles. The Bertz CT molecular complexity index is 790. The predicted octanol–water partition coefficient (Wildman–Crippen LogP) is 5.02. The average molecular weight is 384 g/mol. The highest BCUT2D eigenvalue weighted by atomic mass is 16.5. The fraction of sp³-hybridized carbons (Fsp3) is 0.458. The minimum atomic E-state index is -0.0945. The summed E-state index contributed by atoms with van der Waals surface area (Å²) in [5.74, 6) is 1.33. The van der Waals surface area contributed by atoms with E-state index in [9.17, 15) is 9.90 Å². The largest absolute Gasteiger partial charge is 0.508 e. The molecule has 0 bridgehead atoms. The molecule has 0 spiro atoms. The minimum Gasteiger partial charge on any atom is -0.508 e. The maximum atomic E-state index is 11.7. The van der Waals surface area contributed by atoms with Gasteiger partial charge in [0.15, 0.2) is 6.61 Å². The zero-order chi connectivity index (χ0) is 20.7. The second kappa shape index (κ2) is 10.2. The standard InChI is InChI=1S/C24H33NO3/c1-6-10-25-24(27)15-28-20-11-17(4)21(18(5)12-20)13-19-8-9-23(26)22(14-19)16(3)7-2/h8-9,11-12,14,16,26H,6-7,10,13,15H2,1-5H3,(H,25,27).